The number of fused-ring (bicyclic) bond motifs is 1. The molecule has 10 heteroatoms. The summed E-state index contributed by atoms with van der Waals surface area (Å²) in [6, 6.07) is 16.1. The molecule has 178 valence electrons. The van der Waals surface area contributed by atoms with Gasteiger partial charge in [0.15, 0.2) is 12.4 Å². The van der Waals surface area contributed by atoms with Gasteiger partial charge in [0, 0.05) is 10.2 Å². The molecule has 0 saturated heterocycles. The van der Waals surface area contributed by atoms with Crippen molar-refractivity contribution in [3.8, 4) is 5.75 Å². The van der Waals surface area contributed by atoms with Gasteiger partial charge in [-0.3, -0.25) is 9.59 Å². The Morgan fingerprint density at radius 1 is 1.14 bits per heavy atom. The topological polar surface area (TPSA) is 85.6 Å². The van der Waals surface area contributed by atoms with Gasteiger partial charge in [0.2, 0.25) is 0 Å². The van der Waals surface area contributed by atoms with E-state index in [1.807, 2.05) is 37.3 Å². The molecule has 0 saturated carbocycles. The maximum Gasteiger partial charge on any atom is 0.282 e. The molecule has 3 aromatic carbocycles. The molecule has 0 aliphatic heterocycles. The minimum Gasteiger partial charge on any atom is -0.481 e. The number of hydrogen-bond donors (Lipinski definition) is 1. The van der Waals surface area contributed by atoms with E-state index in [1.165, 1.54) is 10.9 Å². The highest BCUT2D eigenvalue weighted by atomic mass is 79.9. The first kappa shape index (κ1) is 25.1. The molecule has 0 unspecified atom stereocenters. The number of nitrogens with one attached hydrogen (secondary N) is 1. The summed E-state index contributed by atoms with van der Waals surface area (Å²) < 4.78 is 8.19. The highest BCUT2D eigenvalue weighted by Crippen LogP contribution is 2.34. The van der Waals surface area contributed by atoms with Gasteiger partial charge in [-0.05, 0) is 77.8 Å². The fraction of sp³-hybridized carbons (Fsp3) is 0.120. The Hall–Kier alpha value is -3.01. The van der Waals surface area contributed by atoms with Gasteiger partial charge in [0.1, 0.15) is 5.82 Å². The summed E-state index contributed by atoms with van der Waals surface area (Å²) in [5.74, 6) is 0.465. The van der Waals surface area contributed by atoms with E-state index in [1.54, 1.807) is 31.2 Å². The monoisotopic (exact) mass is 616 g/mol. The number of halogens is 3. The normalized spacial score (nSPS) is 11.2. The average molecular weight is 619 g/mol. The minimum absolute atomic E-state index is 0.216. The van der Waals surface area contributed by atoms with Crippen molar-refractivity contribution in [2.24, 2.45) is 5.10 Å². The molecule has 35 heavy (non-hydrogen) atoms. The number of nitrogens with zero attached hydrogens (tertiary/aromatic N) is 3. The zero-order valence-corrected chi connectivity index (χ0v) is 22.6. The number of carbonyl (C=O) groups is 1. The summed E-state index contributed by atoms with van der Waals surface area (Å²) in [7, 11) is 0. The second-order valence-corrected chi connectivity index (χ2v) is 9.88. The molecule has 1 heterocycles. The van der Waals surface area contributed by atoms with Crippen LogP contribution in [-0.4, -0.2) is 28.4 Å². The Balaban J connectivity index is 1.50. The maximum atomic E-state index is 12.9. The van der Waals surface area contributed by atoms with Crippen LogP contribution < -0.4 is 15.6 Å². The maximum absolute atomic E-state index is 12.9. The van der Waals surface area contributed by atoms with Crippen LogP contribution >= 0.6 is 43.5 Å². The Labute approximate surface area is 223 Å². The molecule has 7 nitrogen and oxygen atoms in total. The summed E-state index contributed by atoms with van der Waals surface area (Å²) in [6.45, 7) is 3.47. The number of hydrogen-bond acceptors (Lipinski definition) is 5. The molecule has 4 rings (SSSR count). The van der Waals surface area contributed by atoms with E-state index in [4.69, 9.17) is 16.3 Å². The van der Waals surface area contributed by atoms with Crippen LogP contribution in [0.5, 0.6) is 5.75 Å². The summed E-state index contributed by atoms with van der Waals surface area (Å²) in [4.78, 5) is 29.6. The summed E-state index contributed by atoms with van der Waals surface area (Å²) in [5.41, 5.74) is 2.72. The number of amides is 1. The first-order chi connectivity index (χ1) is 16.7. The Morgan fingerprint density at radius 3 is 2.60 bits per heavy atom. The van der Waals surface area contributed by atoms with Crippen molar-refractivity contribution in [3.63, 3.8) is 0 Å². The van der Waals surface area contributed by atoms with Crippen LogP contribution in [0.25, 0.3) is 10.9 Å². The Morgan fingerprint density at radius 2 is 1.89 bits per heavy atom. The molecule has 1 amide bonds. The van der Waals surface area contributed by atoms with Crippen molar-refractivity contribution in [1.82, 2.24) is 9.66 Å². The Bertz CT molecular complexity index is 1500. The fourth-order valence-electron chi connectivity index (χ4n) is 3.28. The highest BCUT2D eigenvalue weighted by molar-refractivity contribution is 9.10. The number of aryl methyl sites for hydroxylation is 2. The van der Waals surface area contributed by atoms with Crippen LogP contribution in [0.4, 0.5) is 5.69 Å². The molecule has 0 fully saturated rings. The molecule has 0 aliphatic carbocycles. The number of ether oxygens (including phenoxy) is 1. The fourth-order valence-corrected chi connectivity index (χ4v) is 4.63. The van der Waals surface area contributed by atoms with Crippen molar-refractivity contribution >= 4 is 72.2 Å². The summed E-state index contributed by atoms with van der Waals surface area (Å²) in [6.07, 6.45) is 1.50. The van der Waals surface area contributed by atoms with Crippen LogP contribution in [-0.2, 0) is 4.79 Å². The lowest BCUT2D eigenvalue weighted by molar-refractivity contribution is -0.118. The van der Waals surface area contributed by atoms with Gasteiger partial charge in [-0.2, -0.15) is 9.78 Å². The van der Waals surface area contributed by atoms with Crippen LogP contribution in [0.2, 0.25) is 5.02 Å². The molecular formula is C25H19Br2ClN4O3. The lowest BCUT2D eigenvalue weighted by Crippen LogP contribution is -2.20. The smallest absolute Gasteiger partial charge is 0.282 e. The van der Waals surface area contributed by atoms with Crippen molar-refractivity contribution in [2.75, 3.05) is 11.9 Å². The van der Waals surface area contributed by atoms with Crippen LogP contribution in [0.1, 0.15) is 17.0 Å². The van der Waals surface area contributed by atoms with Crippen molar-refractivity contribution in [1.29, 1.82) is 0 Å². The quantitative estimate of drug-likeness (QED) is 0.265. The van der Waals surface area contributed by atoms with Gasteiger partial charge >= 0.3 is 0 Å². The van der Waals surface area contributed by atoms with Gasteiger partial charge in [-0.1, -0.05) is 45.2 Å². The van der Waals surface area contributed by atoms with Gasteiger partial charge in [-0.15, -0.1) is 0 Å². The standard InChI is InChI=1S/C25H19Br2ClN4O3/c1-14-3-6-18(7-4-14)31-23(33)13-35-24-20(27)9-16(10-21(24)28)12-29-32-15(2)30-22-8-5-17(26)11-19(22)25(32)34/h3-12H,13H2,1-2H3,(H,31,33). The number of anilines is 1. The van der Waals surface area contributed by atoms with Crippen molar-refractivity contribution < 1.29 is 9.53 Å². The summed E-state index contributed by atoms with van der Waals surface area (Å²) in [5, 5.41) is 7.82. The van der Waals surface area contributed by atoms with Crippen molar-refractivity contribution in [3.05, 3.63) is 95.9 Å². The van der Waals surface area contributed by atoms with E-state index < -0.39 is 0 Å². The first-order valence-electron chi connectivity index (χ1n) is 10.4. The lowest BCUT2D eigenvalue weighted by atomic mass is 10.2. The number of carbonyl (C=O) groups excluding carboxylic acids is 1. The third-order valence-electron chi connectivity index (χ3n) is 5.00. The molecule has 0 aliphatic rings. The zero-order chi connectivity index (χ0) is 25.1. The third-order valence-corrected chi connectivity index (χ3v) is 6.36. The van der Waals surface area contributed by atoms with E-state index >= 15 is 0 Å². The zero-order valence-electron chi connectivity index (χ0n) is 18.7. The first-order valence-corrected chi connectivity index (χ1v) is 12.4. The molecular weight excluding hydrogens is 600 g/mol. The lowest BCUT2D eigenvalue weighted by Gasteiger charge is -2.11. The second kappa shape index (κ2) is 10.7. The molecule has 4 aromatic rings. The van der Waals surface area contributed by atoms with E-state index in [0.717, 1.165) is 10.0 Å². The van der Waals surface area contributed by atoms with Gasteiger partial charge in [0.05, 0.1) is 26.6 Å². The molecule has 0 bridgehead atoms. The SMILES string of the molecule is Cc1ccc(NC(=O)COc2c(Cl)cc(C=Nn3c(C)nc4ccc(Br)cc4c3=O)cc2Br)cc1. The number of aromatic nitrogens is 2. The van der Waals surface area contributed by atoms with E-state index in [2.05, 4.69) is 47.3 Å². The Kier molecular flexibility index (Phi) is 7.69. The average Bonchev–Trinajstić information content (AvgIpc) is 2.80. The summed E-state index contributed by atoms with van der Waals surface area (Å²) >= 11 is 13.2. The number of benzene rings is 3. The predicted molar refractivity (Wildman–Crippen MR) is 146 cm³/mol. The van der Waals surface area contributed by atoms with Crippen molar-refractivity contribution in [2.45, 2.75) is 13.8 Å². The number of rotatable bonds is 6. The molecule has 0 atom stereocenters. The third kappa shape index (κ3) is 5.98. The molecule has 1 aromatic heterocycles. The van der Waals surface area contributed by atoms with E-state index in [9.17, 15) is 9.59 Å². The van der Waals surface area contributed by atoms with Crippen LogP contribution in [0.15, 0.2) is 73.4 Å². The van der Waals surface area contributed by atoms with Gasteiger partial charge in [-0.25, -0.2) is 4.98 Å². The van der Waals surface area contributed by atoms with E-state index in [0.29, 0.717) is 38.2 Å². The van der Waals surface area contributed by atoms with Crippen LogP contribution in [0.3, 0.4) is 0 Å². The molecule has 0 spiro atoms. The van der Waals surface area contributed by atoms with Gasteiger partial charge < -0.3 is 10.1 Å². The molecule has 1 N–H and O–H groups in total. The highest BCUT2D eigenvalue weighted by Gasteiger charge is 2.12. The predicted octanol–water partition coefficient (Wildman–Crippen LogP) is 6.09. The largest absolute Gasteiger partial charge is 0.481 e. The molecule has 0 radical (unpaired) electrons. The van der Waals surface area contributed by atoms with Gasteiger partial charge in [0.25, 0.3) is 11.5 Å². The second-order valence-electron chi connectivity index (χ2n) is 7.70. The van der Waals surface area contributed by atoms with E-state index in [-0.39, 0.29) is 23.1 Å². The van der Waals surface area contributed by atoms with Crippen LogP contribution in [0, 0.1) is 13.8 Å². The minimum atomic E-state index is -0.312.